The van der Waals surface area contributed by atoms with Crippen LogP contribution in [0.2, 0.25) is 0 Å². The quantitative estimate of drug-likeness (QED) is 0.776. The van der Waals surface area contributed by atoms with Gasteiger partial charge in [-0.25, -0.2) is 0 Å². The third kappa shape index (κ3) is 1.62. The highest BCUT2D eigenvalue weighted by atomic mass is 16.3. The van der Waals surface area contributed by atoms with Crippen LogP contribution in [-0.4, -0.2) is 5.11 Å². The Hall–Kier alpha value is -2.06. The van der Waals surface area contributed by atoms with Crippen LogP contribution in [0.1, 0.15) is 58.7 Å². The van der Waals surface area contributed by atoms with Crippen molar-refractivity contribution in [3.05, 3.63) is 76.4 Å². The molecule has 0 amide bonds. The van der Waals surface area contributed by atoms with E-state index in [0.717, 1.165) is 23.2 Å². The summed E-state index contributed by atoms with van der Waals surface area (Å²) in [5, 5.41) is 15.1. The third-order valence-corrected chi connectivity index (χ3v) is 6.07. The van der Waals surface area contributed by atoms with E-state index >= 15 is 0 Å². The predicted molar refractivity (Wildman–Crippen MR) is 92.1 cm³/mol. The summed E-state index contributed by atoms with van der Waals surface area (Å²) < 4.78 is 0. The van der Waals surface area contributed by atoms with Crippen molar-refractivity contribution < 1.29 is 5.11 Å². The fraction of sp³-hybridized carbons (Fsp3) is 0.333. The summed E-state index contributed by atoms with van der Waals surface area (Å²) in [6.45, 7) is 6.53. The SMILES string of the molecule is C=C1NC2c3ccccc3C[C@@]2(O)c2cc3c(cc21)CCC3C. The Labute approximate surface area is 136 Å². The molecule has 2 unspecified atom stereocenters. The van der Waals surface area contributed by atoms with Gasteiger partial charge in [-0.05, 0) is 52.6 Å². The number of fused-ring (bicyclic) bond motifs is 6. The van der Waals surface area contributed by atoms with Gasteiger partial charge in [-0.1, -0.05) is 43.8 Å². The highest BCUT2D eigenvalue weighted by molar-refractivity contribution is 5.72. The number of rotatable bonds is 0. The molecule has 0 radical (unpaired) electrons. The van der Waals surface area contributed by atoms with Gasteiger partial charge in [0.1, 0.15) is 5.60 Å². The largest absolute Gasteiger partial charge is 0.382 e. The molecule has 23 heavy (non-hydrogen) atoms. The van der Waals surface area contributed by atoms with Crippen molar-refractivity contribution in [2.75, 3.05) is 0 Å². The van der Waals surface area contributed by atoms with E-state index in [-0.39, 0.29) is 6.04 Å². The number of hydrogen-bond donors (Lipinski definition) is 2. The molecule has 2 aromatic rings. The van der Waals surface area contributed by atoms with Crippen molar-refractivity contribution in [2.45, 2.75) is 43.7 Å². The fourth-order valence-electron chi connectivity index (χ4n) is 4.80. The fourth-order valence-corrected chi connectivity index (χ4v) is 4.80. The maximum absolute atomic E-state index is 11.6. The second kappa shape index (κ2) is 4.27. The molecular formula is C21H21NO. The Balaban J connectivity index is 1.75. The van der Waals surface area contributed by atoms with Gasteiger partial charge in [0.15, 0.2) is 0 Å². The van der Waals surface area contributed by atoms with Gasteiger partial charge in [-0.15, -0.1) is 0 Å². The Morgan fingerprint density at radius 2 is 2.00 bits per heavy atom. The molecule has 3 aliphatic rings. The Kier molecular flexibility index (Phi) is 2.48. The monoisotopic (exact) mass is 303 g/mol. The van der Waals surface area contributed by atoms with E-state index in [0.29, 0.717) is 12.3 Å². The molecule has 0 spiro atoms. The van der Waals surface area contributed by atoms with Crippen LogP contribution in [0.25, 0.3) is 5.70 Å². The van der Waals surface area contributed by atoms with Gasteiger partial charge >= 0.3 is 0 Å². The summed E-state index contributed by atoms with van der Waals surface area (Å²) >= 11 is 0. The smallest absolute Gasteiger partial charge is 0.118 e. The molecule has 2 heteroatoms. The van der Waals surface area contributed by atoms with Crippen LogP contribution in [0.15, 0.2) is 43.0 Å². The first-order valence-corrected chi connectivity index (χ1v) is 8.51. The minimum Gasteiger partial charge on any atom is -0.382 e. The molecule has 0 saturated carbocycles. The Bertz CT molecular complexity index is 853. The molecule has 2 aromatic carbocycles. The molecule has 0 aromatic heterocycles. The van der Waals surface area contributed by atoms with E-state index in [1.54, 1.807) is 0 Å². The molecule has 0 bridgehead atoms. The van der Waals surface area contributed by atoms with Crippen LogP contribution in [0.3, 0.4) is 0 Å². The van der Waals surface area contributed by atoms with Gasteiger partial charge in [0.05, 0.1) is 6.04 Å². The molecule has 0 saturated heterocycles. The van der Waals surface area contributed by atoms with Crippen molar-refractivity contribution in [3.8, 4) is 0 Å². The number of aliphatic hydroxyl groups is 1. The van der Waals surface area contributed by atoms with Crippen molar-refractivity contribution >= 4 is 5.70 Å². The van der Waals surface area contributed by atoms with Crippen molar-refractivity contribution in [1.82, 2.24) is 5.32 Å². The maximum atomic E-state index is 11.6. The molecule has 1 aliphatic heterocycles. The lowest BCUT2D eigenvalue weighted by Gasteiger charge is -2.40. The molecule has 3 atom stereocenters. The minimum atomic E-state index is -0.864. The number of benzene rings is 2. The molecular weight excluding hydrogens is 282 g/mol. The zero-order valence-corrected chi connectivity index (χ0v) is 13.4. The first-order chi connectivity index (χ1) is 11.1. The third-order valence-electron chi connectivity index (χ3n) is 6.07. The molecule has 2 aliphatic carbocycles. The average Bonchev–Trinajstić information content (AvgIpc) is 3.05. The van der Waals surface area contributed by atoms with E-state index < -0.39 is 5.60 Å². The number of nitrogens with one attached hydrogen (secondary N) is 1. The van der Waals surface area contributed by atoms with Gasteiger partial charge < -0.3 is 10.4 Å². The maximum Gasteiger partial charge on any atom is 0.118 e. The zero-order valence-electron chi connectivity index (χ0n) is 13.4. The van der Waals surface area contributed by atoms with E-state index in [9.17, 15) is 5.11 Å². The van der Waals surface area contributed by atoms with Crippen molar-refractivity contribution in [1.29, 1.82) is 0 Å². The topological polar surface area (TPSA) is 32.3 Å². The molecule has 2 N–H and O–H groups in total. The van der Waals surface area contributed by atoms with Gasteiger partial charge in [-0.2, -0.15) is 0 Å². The highest BCUT2D eigenvalue weighted by Crippen LogP contribution is 2.52. The van der Waals surface area contributed by atoms with Crippen LogP contribution < -0.4 is 5.32 Å². The van der Waals surface area contributed by atoms with Gasteiger partial charge in [0.25, 0.3) is 0 Å². The summed E-state index contributed by atoms with van der Waals surface area (Å²) in [6.07, 6.45) is 3.02. The second-order valence-corrected chi connectivity index (χ2v) is 7.39. The standard InChI is InChI=1S/C21H21NO/c1-12-7-8-14-9-18-13(2)22-20-16-6-4-3-5-15(16)11-21(20,23)19(18)10-17(12)14/h3-6,9-10,12,20,22-23H,2,7-8,11H2,1H3/t12?,20?,21-/m1/s1. The van der Waals surface area contributed by atoms with E-state index in [4.69, 9.17) is 0 Å². The predicted octanol–water partition coefficient (Wildman–Crippen LogP) is 3.80. The Morgan fingerprint density at radius 3 is 2.87 bits per heavy atom. The highest BCUT2D eigenvalue weighted by Gasteiger charge is 2.50. The summed E-state index contributed by atoms with van der Waals surface area (Å²) in [7, 11) is 0. The average molecular weight is 303 g/mol. The van der Waals surface area contributed by atoms with Crippen LogP contribution >= 0.6 is 0 Å². The first-order valence-electron chi connectivity index (χ1n) is 8.51. The lowest BCUT2D eigenvalue weighted by atomic mass is 9.78. The van der Waals surface area contributed by atoms with Crippen LogP contribution in [0, 0.1) is 0 Å². The van der Waals surface area contributed by atoms with Gasteiger partial charge in [0.2, 0.25) is 0 Å². The number of hydrogen-bond acceptors (Lipinski definition) is 2. The van der Waals surface area contributed by atoms with Crippen LogP contribution in [0.5, 0.6) is 0 Å². The summed E-state index contributed by atoms with van der Waals surface area (Å²) in [6, 6.07) is 12.8. The molecule has 2 nitrogen and oxygen atoms in total. The van der Waals surface area contributed by atoms with E-state index in [2.05, 4.69) is 55.2 Å². The molecule has 1 heterocycles. The molecule has 5 rings (SSSR count). The van der Waals surface area contributed by atoms with Gasteiger partial charge in [0, 0.05) is 17.7 Å². The van der Waals surface area contributed by atoms with Gasteiger partial charge in [-0.3, -0.25) is 0 Å². The summed E-state index contributed by atoms with van der Waals surface area (Å²) in [5.41, 5.74) is 7.53. The Morgan fingerprint density at radius 1 is 1.17 bits per heavy atom. The lowest BCUT2D eigenvalue weighted by Crippen LogP contribution is -2.43. The first kappa shape index (κ1) is 13.4. The summed E-state index contributed by atoms with van der Waals surface area (Å²) in [5.74, 6) is 0.587. The zero-order chi connectivity index (χ0) is 15.8. The summed E-state index contributed by atoms with van der Waals surface area (Å²) in [4.78, 5) is 0. The van der Waals surface area contributed by atoms with Crippen molar-refractivity contribution in [3.63, 3.8) is 0 Å². The second-order valence-electron chi connectivity index (χ2n) is 7.39. The lowest BCUT2D eigenvalue weighted by molar-refractivity contribution is 0.00946. The van der Waals surface area contributed by atoms with Crippen LogP contribution in [0.4, 0.5) is 0 Å². The molecule has 0 fully saturated rings. The number of aryl methyl sites for hydroxylation is 1. The minimum absolute atomic E-state index is 0.0894. The normalized spacial score (nSPS) is 30.3. The molecule has 116 valence electrons. The van der Waals surface area contributed by atoms with Crippen molar-refractivity contribution in [2.24, 2.45) is 0 Å². The van der Waals surface area contributed by atoms with Crippen LogP contribution in [-0.2, 0) is 18.4 Å². The van der Waals surface area contributed by atoms with E-state index in [1.807, 2.05) is 0 Å². The van der Waals surface area contributed by atoms with E-state index in [1.165, 1.54) is 28.7 Å².